The Hall–Kier alpha value is -3.35. The Balaban J connectivity index is 0.000000968. The Kier molecular flexibility index (Phi) is 8.09. The summed E-state index contributed by atoms with van der Waals surface area (Å²) in [4.78, 5) is 37.3. The summed E-state index contributed by atoms with van der Waals surface area (Å²) in [5, 5.41) is 16.3. The molecule has 33 heavy (non-hydrogen) atoms. The van der Waals surface area contributed by atoms with Gasteiger partial charge in [-0.25, -0.2) is 0 Å². The zero-order valence-corrected chi connectivity index (χ0v) is 19.0. The van der Waals surface area contributed by atoms with Crippen LogP contribution in [0.5, 0.6) is 5.75 Å². The summed E-state index contributed by atoms with van der Waals surface area (Å²) >= 11 is 0. The molecule has 2 amide bonds. The van der Waals surface area contributed by atoms with Gasteiger partial charge in [0.2, 0.25) is 11.8 Å². The molecule has 2 aromatic carbocycles. The number of carboxylic acid groups (broad SMARTS) is 1. The molecule has 0 bridgehead atoms. The lowest BCUT2D eigenvalue weighted by atomic mass is 9.76. The van der Waals surface area contributed by atoms with Crippen molar-refractivity contribution in [2.24, 2.45) is 11.3 Å². The number of hydrogen-bond acceptors (Lipinski definition) is 4. The summed E-state index contributed by atoms with van der Waals surface area (Å²) in [6.07, 6.45) is 3.12. The highest BCUT2D eigenvalue weighted by Crippen LogP contribution is 2.46. The Morgan fingerprint density at radius 1 is 0.970 bits per heavy atom. The minimum Gasteiger partial charge on any atom is -0.508 e. The summed E-state index contributed by atoms with van der Waals surface area (Å²) in [6.45, 7) is 4.38. The fourth-order valence-electron chi connectivity index (χ4n) is 5.08. The van der Waals surface area contributed by atoms with E-state index < -0.39 is 0 Å². The van der Waals surface area contributed by atoms with E-state index in [4.69, 9.17) is 9.90 Å². The summed E-state index contributed by atoms with van der Waals surface area (Å²) in [6, 6.07) is 17.5. The molecule has 0 saturated carbocycles. The van der Waals surface area contributed by atoms with Crippen LogP contribution < -0.4 is 0 Å². The predicted octanol–water partition coefficient (Wildman–Crippen LogP) is 2.97. The molecule has 2 heterocycles. The van der Waals surface area contributed by atoms with Gasteiger partial charge in [0.1, 0.15) is 5.75 Å². The van der Waals surface area contributed by atoms with Gasteiger partial charge in [-0.05, 0) is 42.5 Å². The van der Waals surface area contributed by atoms with E-state index in [1.165, 1.54) is 5.56 Å². The van der Waals surface area contributed by atoms with Crippen LogP contribution in [0.15, 0.2) is 54.6 Å². The smallest absolute Gasteiger partial charge is 0.290 e. The van der Waals surface area contributed by atoms with Crippen molar-refractivity contribution in [1.29, 1.82) is 0 Å². The zero-order chi connectivity index (χ0) is 23.8. The summed E-state index contributed by atoms with van der Waals surface area (Å²) in [5.41, 5.74) is 2.36. The molecule has 0 aliphatic carbocycles. The first-order chi connectivity index (χ1) is 15.9. The van der Waals surface area contributed by atoms with Gasteiger partial charge in [-0.3, -0.25) is 14.4 Å². The maximum atomic E-state index is 12.9. The van der Waals surface area contributed by atoms with E-state index in [1.807, 2.05) is 28.0 Å². The van der Waals surface area contributed by atoms with Gasteiger partial charge in [-0.1, -0.05) is 42.5 Å². The van der Waals surface area contributed by atoms with E-state index >= 15 is 0 Å². The number of hydrogen-bond donors (Lipinski definition) is 2. The van der Waals surface area contributed by atoms with Gasteiger partial charge < -0.3 is 20.0 Å². The summed E-state index contributed by atoms with van der Waals surface area (Å²) in [7, 11) is 0. The third-order valence-electron chi connectivity index (χ3n) is 6.88. The normalized spacial score (nSPS) is 21.2. The molecule has 0 radical (unpaired) electrons. The second-order valence-corrected chi connectivity index (χ2v) is 8.99. The number of phenolic OH excluding ortho intramolecular Hbond substituents is 1. The van der Waals surface area contributed by atoms with E-state index in [9.17, 15) is 14.7 Å². The molecule has 0 aromatic heterocycles. The first kappa shape index (κ1) is 24.3. The van der Waals surface area contributed by atoms with E-state index in [0.717, 1.165) is 44.6 Å². The number of amides is 2. The van der Waals surface area contributed by atoms with E-state index in [1.54, 1.807) is 19.1 Å². The standard InChI is InChI=1S/C25H30N2O3.CH2O2/c1-19(28)26-15-22-16-27(24(30)12-9-21-7-10-23(29)11-8-21)18-25(22,17-26)14-13-20-5-3-2-4-6-20;2-1-3/h2-8,10-11,22,29H,9,12-18H2,1H3;1H,(H,2,3)/t22-,25+;/m1./s1. The van der Waals surface area contributed by atoms with Crippen LogP contribution >= 0.6 is 0 Å². The molecule has 0 spiro atoms. The molecule has 2 saturated heterocycles. The Bertz CT molecular complexity index is 947. The number of fused-ring (bicyclic) bond motifs is 1. The number of likely N-dealkylation sites (tertiary alicyclic amines) is 2. The highest BCUT2D eigenvalue weighted by molar-refractivity contribution is 5.77. The minimum atomic E-state index is -0.250. The average Bonchev–Trinajstić information content (AvgIpc) is 3.33. The number of rotatable bonds is 6. The van der Waals surface area contributed by atoms with Gasteiger partial charge in [0, 0.05) is 50.9 Å². The molecule has 2 fully saturated rings. The number of aromatic hydroxyl groups is 1. The summed E-state index contributed by atoms with van der Waals surface area (Å²) < 4.78 is 0. The van der Waals surface area contributed by atoms with Gasteiger partial charge in [-0.15, -0.1) is 0 Å². The molecular weight excluding hydrogens is 420 g/mol. The highest BCUT2D eigenvalue weighted by Gasteiger charge is 2.53. The zero-order valence-electron chi connectivity index (χ0n) is 19.0. The number of benzene rings is 2. The first-order valence-corrected chi connectivity index (χ1v) is 11.3. The minimum absolute atomic E-state index is 0.00426. The lowest BCUT2D eigenvalue weighted by Gasteiger charge is -2.29. The highest BCUT2D eigenvalue weighted by atomic mass is 16.3. The van der Waals surface area contributed by atoms with E-state index in [0.29, 0.717) is 18.8 Å². The number of phenols is 1. The van der Waals surface area contributed by atoms with Crippen LogP contribution in [0.3, 0.4) is 0 Å². The topological polar surface area (TPSA) is 98.2 Å². The van der Waals surface area contributed by atoms with Gasteiger partial charge in [0.25, 0.3) is 6.47 Å². The molecule has 2 aromatic rings. The van der Waals surface area contributed by atoms with Gasteiger partial charge in [-0.2, -0.15) is 0 Å². The SMILES string of the molecule is CC(=O)N1C[C@@H]2CN(C(=O)CCc3ccc(O)cc3)C[C@]2(CCc2ccccc2)C1.O=CO. The summed E-state index contributed by atoms with van der Waals surface area (Å²) in [5.74, 6) is 0.912. The molecule has 2 aliphatic heterocycles. The maximum absolute atomic E-state index is 12.9. The van der Waals surface area contributed by atoms with Gasteiger partial charge in [0.05, 0.1) is 0 Å². The van der Waals surface area contributed by atoms with E-state index in [-0.39, 0.29) is 29.5 Å². The molecule has 2 aliphatic rings. The third-order valence-corrected chi connectivity index (χ3v) is 6.88. The predicted molar refractivity (Wildman–Crippen MR) is 125 cm³/mol. The molecule has 4 rings (SSSR count). The molecule has 7 nitrogen and oxygen atoms in total. The van der Waals surface area contributed by atoms with Crippen LogP contribution in [0.4, 0.5) is 0 Å². The van der Waals surface area contributed by atoms with Crippen LogP contribution in [-0.4, -0.2) is 64.5 Å². The van der Waals surface area contributed by atoms with E-state index in [2.05, 4.69) is 24.3 Å². The van der Waals surface area contributed by atoms with Crippen molar-refractivity contribution in [1.82, 2.24) is 9.80 Å². The van der Waals surface area contributed by atoms with Gasteiger partial charge in [0.15, 0.2) is 0 Å². The molecule has 0 unspecified atom stereocenters. The van der Waals surface area contributed by atoms with Crippen LogP contribution in [-0.2, 0) is 27.2 Å². The lowest BCUT2D eigenvalue weighted by molar-refractivity contribution is -0.131. The van der Waals surface area contributed by atoms with Crippen LogP contribution in [0.2, 0.25) is 0 Å². The first-order valence-electron chi connectivity index (χ1n) is 11.3. The number of carbonyl (C=O) groups excluding carboxylic acids is 2. The fraction of sp³-hybridized carbons (Fsp3) is 0.423. The van der Waals surface area contributed by atoms with Crippen LogP contribution in [0.1, 0.15) is 30.9 Å². The lowest BCUT2D eigenvalue weighted by Crippen LogP contribution is -2.38. The molecular formula is C26H32N2O5. The average molecular weight is 453 g/mol. The van der Waals surface area contributed by atoms with Crippen molar-refractivity contribution in [2.75, 3.05) is 26.2 Å². The van der Waals surface area contributed by atoms with Crippen molar-refractivity contribution in [3.8, 4) is 5.75 Å². The van der Waals surface area contributed by atoms with Crippen LogP contribution in [0, 0.1) is 11.3 Å². The Morgan fingerprint density at radius 2 is 1.55 bits per heavy atom. The molecule has 2 N–H and O–H groups in total. The van der Waals surface area contributed by atoms with Gasteiger partial charge >= 0.3 is 0 Å². The second-order valence-electron chi connectivity index (χ2n) is 8.99. The van der Waals surface area contributed by atoms with Crippen LogP contribution in [0.25, 0.3) is 0 Å². The number of aryl methyl sites for hydroxylation is 2. The number of nitrogens with zero attached hydrogens (tertiary/aromatic N) is 2. The fourth-order valence-corrected chi connectivity index (χ4v) is 5.08. The van der Waals surface area contributed by atoms with Crippen molar-refractivity contribution in [2.45, 2.75) is 32.6 Å². The monoisotopic (exact) mass is 452 g/mol. The van der Waals surface area contributed by atoms with Crippen molar-refractivity contribution in [3.05, 3.63) is 65.7 Å². The number of carbonyl (C=O) groups is 3. The van der Waals surface area contributed by atoms with Crippen molar-refractivity contribution < 1.29 is 24.6 Å². The molecule has 7 heteroatoms. The molecule has 2 atom stereocenters. The quantitative estimate of drug-likeness (QED) is 0.657. The Labute approximate surface area is 194 Å². The largest absolute Gasteiger partial charge is 0.508 e. The third kappa shape index (κ3) is 6.12. The Morgan fingerprint density at radius 3 is 2.18 bits per heavy atom. The maximum Gasteiger partial charge on any atom is 0.290 e. The molecule has 176 valence electrons. The second kappa shape index (κ2) is 11.0. The van der Waals surface area contributed by atoms with Crippen molar-refractivity contribution in [3.63, 3.8) is 0 Å². The van der Waals surface area contributed by atoms with Crippen molar-refractivity contribution >= 4 is 18.3 Å².